The lowest BCUT2D eigenvalue weighted by Crippen LogP contribution is -2.15. The highest BCUT2D eigenvalue weighted by molar-refractivity contribution is 8.00. The van der Waals surface area contributed by atoms with Crippen molar-refractivity contribution in [3.8, 4) is 5.88 Å². The van der Waals surface area contributed by atoms with Crippen molar-refractivity contribution in [3.63, 3.8) is 0 Å². The largest absolute Gasteiger partial charge is 0.481 e. The quantitative estimate of drug-likeness (QED) is 0.872. The number of rotatable bonds is 4. The van der Waals surface area contributed by atoms with E-state index in [0.717, 1.165) is 12.2 Å². The molecular formula is C11H17N3OS. The van der Waals surface area contributed by atoms with Gasteiger partial charge in [0.15, 0.2) is 0 Å². The first-order valence-electron chi connectivity index (χ1n) is 5.53. The number of aryl methyl sites for hydroxylation is 1. The van der Waals surface area contributed by atoms with Gasteiger partial charge in [-0.3, -0.25) is 0 Å². The Balaban J connectivity index is 1.94. The van der Waals surface area contributed by atoms with Crippen molar-refractivity contribution in [3.05, 3.63) is 11.8 Å². The van der Waals surface area contributed by atoms with Crippen LogP contribution < -0.4 is 10.1 Å². The molecule has 0 amide bonds. The zero-order chi connectivity index (χ0) is 11.4. The zero-order valence-corrected chi connectivity index (χ0v) is 10.5. The van der Waals surface area contributed by atoms with Crippen molar-refractivity contribution in [2.24, 2.45) is 0 Å². The Labute approximate surface area is 100 Å². The molecule has 1 aliphatic rings. The number of nitrogens with zero attached hydrogens (tertiary/aromatic N) is 2. The van der Waals surface area contributed by atoms with Gasteiger partial charge in [-0.2, -0.15) is 16.7 Å². The second-order valence-corrected chi connectivity index (χ2v) is 5.30. The van der Waals surface area contributed by atoms with Crippen molar-refractivity contribution < 1.29 is 4.74 Å². The van der Waals surface area contributed by atoms with E-state index in [1.54, 1.807) is 7.11 Å². The first-order valence-corrected chi connectivity index (χ1v) is 6.58. The molecule has 1 atom stereocenters. The summed E-state index contributed by atoms with van der Waals surface area (Å²) in [5.41, 5.74) is 0.924. The molecule has 1 N–H and O–H groups in total. The molecule has 88 valence electrons. The van der Waals surface area contributed by atoms with Crippen molar-refractivity contribution in [1.29, 1.82) is 0 Å². The average molecular weight is 239 g/mol. The van der Waals surface area contributed by atoms with Crippen LogP contribution >= 0.6 is 11.8 Å². The van der Waals surface area contributed by atoms with Crippen molar-refractivity contribution in [1.82, 2.24) is 9.97 Å². The Morgan fingerprint density at radius 1 is 1.56 bits per heavy atom. The molecule has 1 saturated heterocycles. The van der Waals surface area contributed by atoms with Crippen LogP contribution in [0.5, 0.6) is 5.88 Å². The van der Waals surface area contributed by atoms with Crippen LogP contribution in [-0.2, 0) is 0 Å². The highest BCUT2D eigenvalue weighted by Crippen LogP contribution is 2.26. The van der Waals surface area contributed by atoms with Crippen molar-refractivity contribution in [2.75, 3.05) is 24.7 Å². The Kier molecular flexibility index (Phi) is 3.88. The highest BCUT2D eigenvalue weighted by atomic mass is 32.2. The first kappa shape index (κ1) is 11.5. The zero-order valence-electron chi connectivity index (χ0n) is 9.69. The predicted octanol–water partition coefficient (Wildman–Crippen LogP) is 2.10. The summed E-state index contributed by atoms with van der Waals surface area (Å²) in [6.07, 6.45) is 2.62. The summed E-state index contributed by atoms with van der Waals surface area (Å²) < 4.78 is 5.11. The minimum Gasteiger partial charge on any atom is -0.481 e. The van der Waals surface area contributed by atoms with Gasteiger partial charge in [0.2, 0.25) is 11.8 Å². The number of hydrogen-bond donors (Lipinski definition) is 1. The summed E-state index contributed by atoms with van der Waals surface area (Å²) in [6, 6.07) is 1.83. The van der Waals surface area contributed by atoms with E-state index in [0.29, 0.717) is 17.1 Å². The number of thioether (sulfide) groups is 1. The maximum atomic E-state index is 5.11. The molecule has 4 nitrogen and oxygen atoms in total. The highest BCUT2D eigenvalue weighted by Gasteiger charge is 2.15. The maximum absolute atomic E-state index is 5.11. The van der Waals surface area contributed by atoms with E-state index in [1.165, 1.54) is 18.6 Å². The number of hydrogen-bond acceptors (Lipinski definition) is 5. The van der Waals surface area contributed by atoms with E-state index in [9.17, 15) is 0 Å². The SMILES string of the molecule is COc1cc(C)nc(NCC2CCCS2)n1. The molecule has 1 fully saturated rings. The Morgan fingerprint density at radius 3 is 3.12 bits per heavy atom. The smallest absolute Gasteiger partial charge is 0.226 e. The Bertz CT molecular complexity index is 353. The molecule has 1 aliphatic heterocycles. The van der Waals surface area contributed by atoms with Crippen LogP contribution in [-0.4, -0.2) is 34.6 Å². The van der Waals surface area contributed by atoms with Crippen LogP contribution in [0.1, 0.15) is 18.5 Å². The van der Waals surface area contributed by atoms with Crippen LogP contribution in [0.4, 0.5) is 5.95 Å². The van der Waals surface area contributed by atoms with Gasteiger partial charge in [0.1, 0.15) is 0 Å². The van der Waals surface area contributed by atoms with Crippen molar-refractivity contribution >= 4 is 17.7 Å². The first-order chi connectivity index (χ1) is 7.78. The van der Waals surface area contributed by atoms with Crippen LogP contribution in [0, 0.1) is 6.92 Å². The molecule has 16 heavy (non-hydrogen) atoms. The number of aromatic nitrogens is 2. The van der Waals surface area contributed by atoms with Gasteiger partial charge < -0.3 is 10.1 Å². The standard InChI is InChI=1S/C11H17N3OS/c1-8-6-10(15-2)14-11(13-8)12-7-9-4-3-5-16-9/h6,9H,3-5,7H2,1-2H3,(H,12,13,14). The lowest BCUT2D eigenvalue weighted by Gasteiger charge is -2.11. The molecular weight excluding hydrogens is 222 g/mol. The number of ether oxygens (including phenoxy) is 1. The summed E-state index contributed by atoms with van der Waals surface area (Å²) in [4.78, 5) is 8.59. The minimum atomic E-state index is 0.620. The lowest BCUT2D eigenvalue weighted by atomic mass is 10.2. The van der Waals surface area contributed by atoms with E-state index in [2.05, 4.69) is 15.3 Å². The summed E-state index contributed by atoms with van der Waals surface area (Å²) in [5, 5.41) is 3.98. The second-order valence-electron chi connectivity index (χ2n) is 3.89. The van der Waals surface area contributed by atoms with Gasteiger partial charge in [0.25, 0.3) is 0 Å². The molecule has 0 aromatic carbocycles. The molecule has 1 aromatic rings. The Hall–Kier alpha value is -0.970. The number of nitrogens with one attached hydrogen (secondary N) is 1. The van der Waals surface area contributed by atoms with E-state index in [-0.39, 0.29) is 0 Å². The lowest BCUT2D eigenvalue weighted by molar-refractivity contribution is 0.397. The van der Waals surface area contributed by atoms with E-state index < -0.39 is 0 Å². The van der Waals surface area contributed by atoms with Crippen LogP contribution in [0.2, 0.25) is 0 Å². The van der Waals surface area contributed by atoms with Crippen molar-refractivity contribution in [2.45, 2.75) is 25.0 Å². The van der Waals surface area contributed by atoms with Crippen LogP contribution in [0.25, 0.3) is 0 Å². The molecule has 0 spiro atoms. The van der Waals surface area contributed by atoms with E-state index in [4.69, 9.17) is 4.74 Å². The number of anilines is 1. The van der Waals surface area contributed by atoms with Crippen LogP contribution in [0.3, 0.4) is 0 Å². The molecule has 0 bridgehead atoms. The molecule has 0 saturated carbocycles. The summed E-state index contributed by atoms with van der Waals surface area (Å²) in [6.45, 7) is 2.89. The van der Waals surface area contributed by atoms with Crippen LogP contribution in [0.15, 0.2) is 6.07 Å². The van der Waals surface area contributed by atoms with Gasteiger partial charge in [-0.15, -0.1) is 0 Å². The molecule has 1 aromatic heterocycles. The fraction of sp³-hybridized carbons (Fsp3) is 0.636. The van der Waals surface area contributed by atoms with E-state index in [1.807, 2.05) is 24.8 Å². The molecule has 2 rings (SSSR count). The molecule has 0 radical (unpaired) electrons. The average Bonchev–Trinajstić information content (AvgIpc) is 2.78. The molecule has 0 aliphatic carbocycles. The minimum absolute atomic E-state index is 0.620. The monoisotopic (exact) mass is 239 g/mol. The third kappa shape index (κ3) is 3.01. The maximum Gasteiger partial charge on any atom is 0.226 e. The Morgan fingerprint density at radius 2 is 2.44 bits per heavy atom. The fourth-order valence-corrected chi connectivity index (χ4v) is 2.93. The molecule has 1 unspecified atom stereocenters. The second kappa shape index (κ2) is 5.39. The van der Waals surface area contributed by atoms with Gasteiger partial charge in [-0.25, -0.2) is 4.98 Å². The normalized spacial score (nSPS) is 19.8. The van der Waals surface area contributed by atoms with Gasteiger partial charge in [0, 0.05) is 23.6 Å². The molecule has 2 heterocycles. The van der Waals surface area contributed by atoms with E-state index >= 15 is 0 Å². The molecule has 5 heteroatoms. The topological polar surface area (TPSA) is 47.0 Å². The fourth-order valence-electron chi connectivity index (χ4n) is 1.73. The third-order valence-electron chi connectivity index (χ3n) is 2.55. The van der Waals surface area contributed by atoms with Gasteiger partial charge >= 0.3 is 0 Å². The number of methoxy groups -OCH3 is 1. The van der Waals surface area contributed by atoms with Gasteiger partial charge in [-0.05, 0) is 25.5 Å². The van der Waals surface area contributed by atoms with Gasteiger partial charge in [-0.1, -0.05) is 0 Å². The third-order valence-corrected chi connectivity index (χ3v) is 3.95. The summed E-state index contributed by atoms with van der Waals surface area (Å²) >= 11 is 2.03. The van der Waals surface area contributed by atoms with Gasteiger partial charge in [0.05, 0.1) is 7.11 Å². The summed E-state index contributed by atoms with van der Waals surface area (Å²) in [7, 11) is 1.62. The summed E-state index contributed by atoms with van der Waals surface area (Å²) in [5.74, 6) is 2.57. The predicted molar refractivity (Wildman–Crippen MR) is 67.3 cm³/mol.